The van der Waals surface area contributed by atoms with Gasteiger partial charge in [-0.15, -0.1) is 0 Å². The number of anilines is 2. The Bertz CT molecular complexity index is 1230. The molecule has 0 spiro atoms. The number of hydrogen-bond acceptors (Lipinski definition) is 5. The predicted molar refractivity (Wildman–Crippen MR) is 132 cm³/mol. The summed E-state index contributed by atoms with van der Waals surface area (Å²) in [5.41, 5.74) is 5.98. The van der Waals surface area contributed by atoms with Crippen molar-refractivity contribution in [2.75, 3.05) is 17.2 Å². The van der Waals surface area contributed by atoms with E-state index in [-0.39, 0.29) is 12.5 Å². The lowest BCUT2D eigenvalue weighted by molar-refractivity contribution is -0.136. The van der Waals surface area contributed by atoms with Crippen LogP contribution in [0.3, 0.4) is 0 Å². The summed E-state index contributed by atoms with van der Waals surface area (Å²) in [6, 6.07) is 19.0. The molecule has 3 rings (SSSR count). The third kappa shape index (κ3) is 6.91. The number of hydrazone groups is 1. The number of aryl methyl sites for hydroxylation is 1. The fraction of sp³-hybridized carbons (Fsp3) is 0.120. The second kappa shape index (κ2) is 11.6. The lowest BCUT2D eigenvalue weighted by Gasteiger charge is -2.11. The van der Waals surface area contributed by atoms with Crippen LogP contribution >= 0.6 is 11.6 Å². The summed E-state index contributed by atoms with van der Waals surface area (Å²) in [7, 11) is 0. The van der Waals surface area contributed by atoms with Crippen LogP contribution in [-0.4, -0.2) is 30.5 Å². The topological polar surface area (TPSA) is 109 Å². The lowest BCUT2D eigenvalue weighted by atomic mass is 10.1. The van der Waals surface area contributed by atoms with Gasteiger partial charge in [0.15, 0.2) is 6.61 Å². The van der Waals surface area contributed by atoms with Gasteiger partial charge in [0.2, 0.25) is 0 Å². The van der Waals surface area contributed by atoms with Crippen LogP contribution in [0, 0.1) is 13.8 Å². The van der Waals surface area contributed by atoms with E-state index in [1.54, 1.807) is 48.5 Å². The largest absolute Gasteiger partial charge is 0.484 e. The molecule has 0 atom stereocenters. The first-order valence-electron chi connectivity index (χ1n) is 10.3. The molecule has 0 unspecified atom stereocenters. The fourth-order valence-corrected chi connectivity index (χ4v) is 3.01. The average molecular weight is 479 g/mol. The molecular formula is C25H23ClN4O4. The zero-order valence-corrected chi connectivity index (χ0v) is 19.3. The first kappa shape index (κ1) is 24.5. The third-order valence-corrected chi connectivity index (χ3v) is 5.17. The Kier molecular flexibility index (Phi) is 8.37. The van der Waals surface area contributed by atoms with E-state index >= 15 is 0 Å². The van der Waals surface area contributed by atoms with Gasteiger partial charge in [-0.1, -0.05) is 35.9 Å². The highest BCUT2D eigenvalue weighted by Gasteiger charge is 2.14. The summed E-state index contributed by atoms with van der Waals surface area (Å²) >= 11 is 5.95. The molecule has 0 radical (unpaired) electrons. The van der Waals surface area contributed by atoms with Crippen molar-refractivity contribution < 1.29 is 19.1 Å². The summed E-state index contributed by atoms with van der Waals surface area (Å²) in [5, 5.41) is 9.32. The molecule has 3 amide bonds. The Morgan fingerprint density at radius 3 is 2.32 bits per heavy atom. The van der Waals surface area contributed by atoms with Gasteiger partial charge in [-0.05, 0) is 73.0 Å². The summed E-state index contributed by atoms with van der Waals surface area (Å²) in [4.78, 5) is 36.0. The Hall–Kier alpha value is -4.17. The van der Waals surface area contributed by atoms with E-state index in [1.807, 2.05) is 32.0 Å². The maximum atomic E-state index is 12.2. The van der Waals surface area contributed by atoms with Crippen LogP contribution in [0.25, 0.3) is 0 Å². The van der Waals surface area contributed by atoms with E-state index < -0.39 is 11.8 Å². The van der Waals surface area contributed by atoms with Crippen LogP contribution in [0.1, 0.15) is 16.7 Å². The Balaban J connectivity index is 1.45. The minimum absolute atomic E-state index is 0.141. The molecule has 34 heavy (non-hydrogen) atoms. The number of rotatable bonds is 7. The molecule has 0 aliphatic rings. The molecule has 9 heteroatoms. The number of hydrogen-bond donors (Lipinski definition) is 3. The van der Waals surface area contributed by atoms with Crippen molar-refractivity contribution >= 4 is 46.9 Å². The van der Waals surface area contributed by atoms with Gasteiger partial charge in [-0.3, -0.25) is 14.4 Å². The number of nitrogens with zero attached hydrogens (tertiary/aromatic N) is 1. The number of nitrogens with one attached hydrogen (secondary N) is 3. The number of para-hydroxylation sites is 1. The fourth-order valence-electron chi connectivity index (χ4n) is 2.83. The van der Waals surface area contributed by atoms with Crippen LogP contribution in [0.15, 0.2) is 71.8 Å². The Morgan fingerprint density at radius 2 is 1.59 bits per heavy atom. The zero-order chi connectivity index (χ0) is 24.5. The number of benzene rings is 3. The molecule has 0 aromatic heterocycles. The minimum atomic E-state index is -0.939. The van der Waals surface area contributed by atoms with Gasteiger partial charge >= 0.3 is 11.8 Å². The van der Waals surface area contributed by atoms with E-state index in [0.29, 0.717) is 22.0 Å². The zero-order valence-electron chi connectivity index (χ0n) is 18.6. The molecule has 0 bridgehead atoms. The normalized spacial score (nSPS) is 10.6. The van der Waals surface area contributed by atoms with Gasteiger partial charge in [-0.2, -0.15) is 5.10 Å². The molecule has 3 aromatic carbocycles. The molecule has 0 aliphatic carbocycles. The molecule has 3 aromatic rings. The summed E-state index contributed by atoms with van der Waals surface area (Å²) in [5.74, 6) is -1.60. The Morgan fingerprint density at radius 1 is 0.882 bits per heavy atom. The van der Waals surface area contributed by atoms with Crippen molar-refractivity contribution in [3.8, 4) is 5.75 Å². The second-order valence-corrected chi connectivity index (χ2v) is 7.69. The highest BCUT2D eigenvalue weighted by atomic mass is 35.5. The van der Waals surface area contributed by atoms with E-state index in [1.165, 1.54) is 6.21 Å². The van der Waals surface area contributed by atoms with Crippen molar-refractivity contribution in [1.82, 2.24) is 5.43 Å². The van der Waals surface area contributed by atoms with Crippen LogP contribution < -0.4 is 20.8 Å². The Labute approximate surface area is 202 Å². The van der Waals surface area contributed by atoms with Crippen LogP contribution in [0.5, 0.6) is 5.75 Å². The number of carbonyl (C=O) groups is 3. The average Bonchev–Trinajstić information content (AvgIpc) is 2.83. The molecule has 0 saturated heterocycles. The van der Waals surface area contributed by atoms with Crippen molar-refractivity contribution in [2.45, 2.75) is 13.8 Å². The molecule has 174 valence electrons. The van der Waals surface area contributed by atoms with Gasteiger partial charge in [0.1, 0.15) is 5.75 Å². The van der Waals surface area contributed by atoms with Gasteiger partial charge < -0.3 is 15.4 Å². The van der Waals surface area contributed by atoms with E-state index in [2.05, 4.69) is 21.2 Å². The predicted octanol–water partition coefficient (Wildman–Crippen LogP) is 4.06. The van der Waals surface area contributed by atoms with Crippen molar-refractivity contribution in [2.24, 2.45) is 5.10 Å². The summed E-state index contributed by atoms with van der Waals surface area (Å²) < 4.78 is 5.52. The van der Waals surface area contributed by atoms with Gasteiger partial charge in [0, 0.05) is 5.69 Å². The first-order chi connectivity index (χ1) is 16.3. The minimum Gasteiger partial charge on any atom is -0.484 e. The summed E-state index contributed by atoms with van der Waals surface area (Å²) in [6.07, 6.45) is 1.37. The maximum Gasteiger partial charge on any atom is 0.329 e. The molecule has 0 heterocycles. The monoisotopic (exact) mass is 478 g/mol. The molecule has 0 fully saturated rings. The molecular weight excluding hydrogens is 456 g/mol. The van der Waals surface area contributed by atoms with Gasteiger partial charge in [-0.25, -0.2) is 5.43 Å². The van der Waals surface area contributed by atoms with Crippen LogP contribution in [0.2, 0.25) is 5.02 Å². The highest BCUT2D eigenvalue weighted by Crippen LogP contribution is 2.20. The van der Waals surface area contributed by atoms with Gasteiger partial charge in [0.05, 0.1) is 16.9 Å². The molecule has 8 nitrogen and oxygen atoms in total. The molecule has 0 aliphatic heterocycles. The van der Waals surface area contributed by atoms with E-state index in [0.717, 1.165) is 16.8 Å². The second-order valence-electron chi connectivity index (χ2n) is 7.29. The van der Waals surface area contributed by atoms with Crippen molar-refractivity contribution in [3.63, 3.8) is 0 Å². The van der Waals surface area contributed by atoms with E-state index in [4.69, 9.17) is 16.3 Å². The number of halogens is 1. The first-order valence-corrected chi connectivity index (χ1v) is 10.7. The third-order valence-electron chi connectivity index (χ3n) is 4.84. The smallest absolute Gasteiger partial charge is 0.329 e. The van der Waals surface area contributed by atoms with Gasteiger partial charge in [0.25, 0.3) is 5.91 Å². The maximum absolute atomic E-state index is 12.2. The van der Waals surface area contributed by atoms with E-state index in [9.17, 15) is 14.4 Å². The lowest BCUT2D eigenvalue weighted by Crippen LogP contribution is -2.32. The molecule has 0 saturated carbocycles. The van der Waals surface area contributed by atoms with Crippen molar-refractivity contribution in [3.05, 3.63) is 88.4 Å². The quantitative estimate of drug-likeness (QED) is 0.270. The highest BCUT2D eigenvalue weighted by molar-refractivity contribution is 6.41. The number of ether oxygens (including phenoxy) is 1. The SMILES string of the molecule is Cc1cccc(NC(=O)COc2ccc(/C=N\NC(=O)C(=O)Nc3ccccc3Cl)cc2)c1C. The number of carbonyl (C=O) groups excluding carboxylic acids is 3. The van der Waals surface area contributed by atoms with Crippen molar-refractivity contribution in [1.29, 1.82) is 0 Å². The van der Waals surface area contributed by atoms with Crippen LogP contribution in [-0.2, 0) is 14.4 Å². The summed E-state index contributed by atoms with van der Waals surface area (Å²) in [6.45, 7) is 3.78. The number of amides is 3. The molecule has 3 N–H and O–H groups in total. The van der Waals surface area contributed by atoms with Crippen LogP contribution in [0.4, 0.5) is 11.4 Å². The standard InChI is InChI=1S/C25H23ClN4O4/c1-16-6-5-9-21(17(16)2)28-23(31)15-34-19-12-10-18(11-13-19)14-27-30-25(33)24(32)29-22-8-4-3-7-20(22)26/h3-14H,15H2,1-2H3,(H,28,31)(H,29,32)(H,30,33)/b27-14-.